The maximum absolute atomic E-state index is 11.5. The van der Waals surface area contributed by atoms with E-state index in [1.165, 1.54) is 0 Å². The highest BCUT2D eigenvalue weighted by Gasteiger charge is 2.08. The first-order valence-electron chi connectivity index (χ1n) is 7.08. The van der Waals surface area contributed by atoms with Crippen molar-refractivity contribution in [1.29, 1.82) is 0 Å². The van der Waals surface area contributed by atoms with Gasteiger partial charge in [-0.25, -0.2) is 0 Å². The number of hydrogen-bond donors (Lipinski definition) is 1. The zero-order valence-corrected chi connectivity index (χ0v) is 12.5. The van der Waals surface area contributed by atoms with Gasteiger partial charge in [0.15, 0.2) is 0 Å². The van der Waals surface area contributed by atoms with Crippen LogP contribution < -0.4 is 4.74 Å². The van der Waals surface area contributed by atoms with Crippen LogP contribution in [-0.4, -0.2) is 36.6 Å². The number of ether oxygens (including phenoxy) is 1. The van der Waals surface area contributed by atoms with Crippen LogP contribution in [0.15, 0.2) is 36.4 Å². The predicted octanol–water partition coefficient (Wildman–Crippen LogP) is 2.58. The molecule has 0 unspecified atom stereocenters. The Morgan fingerprint density at radius 1 is 1.19 bits per heavy atom. The minimum Gasteiger partial charge on any atom is -0.493 e. The van der Waals surface area contributed by atoms with Crippen LogP contribution in [0, 0.1) is 0 Å². The van der Waals surface area contributed by atoms with Crippen molar-refractivity contribution < 1.29 is 14.6 Å². The lowest BCUT2D eigenvalue weighted by atomic mass is 10.0. The maximum Gasteiger partial charge on any atom is 0.222 e. The molecule has 2 aromatic carbocycles. The third kappa shape index (κ3) is 3.73. The Morgan fingerprint density at radius 3 is 2.67 bits per heavy atom. The van der Waals surface area contributed by atoms with Crippen molar-refractivity contribution in [1.82, 2.24) is 4.90 Å². The van der Waals surface area contributed by atoms with Gasteiger partial charge in [0.2, 0.25) is 5.91 Å². The van der Waals surface area contributed by atoms with E-state index in [2.05, 4.69) is 0 Å². The summed E-state index contributed by atoms with van der Waals surface area (Å²) in [4.78, 5) is 13.1. The van der Waals surface area contributed by atoms with Gasteiger partial charge in [0.1, 0.15) is 5.75 Å². The van der Waals surface area contributed by atoms with E-state index in [-0.39, 0.29) is 12.5 Å². The van der Waals surface area contributed by atoms with E-state index in [0.29, 0.717) is 25.2 Å². The summed E-state index contributed by atoms with van der Waals surface area (Å²) in [5.74, 6) is 0.785. The average Bonchev–Trinajstić information content (AvgIpc) is 2.50. The van der Waals surface area contributed by atoms with Gasteiger partial charge in [-0.2, -0.15) is 0 Å². The molecule has 0 radical (unpaired) electrons. The van der Waals surface area contributed by atoms with Crippen LogP contribution in [-0.2, 0) is 11.4 Å². The lowest BCUT2D eigenvalue weighted by Crippen LogP contribution is -2.21. The fraction of sp³-hybridized carbons (Fsp3) is 0.353. The summed E-state index contributed by atoms with van der Waals surface area (Å²) in [5.41, 5.74) is 0.798. The summed E-state index contributed by atoms with van der Waals surface area (Å²) in [7, 11) is 3.49. The largest absolute Gasteiger partial charge is 0.493 e. The molecule has 1 N–H and O–H groups in total. The Labute approximate surface area is 124 Å². The van der Waals surface area contributed by atoms with Crippen LogP contribution in [0.2, 0.25) is 0 Å². The Hall–Kier alpha value is -2.07. The highest BCUT2D eigenvalue weighted by Crippen LogP contribution is 2.28. The summed E-state index contributed by atoms with van der Waals surface area (Å²) in [6.07, 6.45) is 1.13. The molecule has 0 aliphatic rings. The van der Waals surface area contributed by atoms with Crippen molar-refractivity contribution >= 4 is 16.7 Å². The number of nitrogens with zero attached hydrogens (tertiary/aromatic N) is 1. The predicted molar refractivity (Wildman–Crippen MR) is 83.3 cm³/mol. The van der Waals surface area contributed by atoms with Gasteiger partial charge in [0, 0.05) is 26.1 Å². The number of aliphatic hydroxyl groups is 1. The fourth-order valence-electron chi connectivity index (χ4n) is 2.24. The number of fused-ring (bicyclic) bond motifs is 1. The van der Waals surface area contributed by atoms with Gasteiger partial charge in [-0.3, -0.25) is 4.79 Å². The van der Waals surface area contributed by atoms with Crippen LogP contribution in [0.4, 0.5) is 0 Å². The first kappa shape index (κ1) is 15.3. The molecular formula is C17H21NO3. The maximum atomic E-state index is 11.5. The molecule has 112 valence electrons. The van der Waals surface area contributed by atoms with Crippen LogP contribution in [0.25, 0.3) is 10.8 Å². The molecule has 0 saturated heterocycles. The van der Waals surface area contributed by atoms with Crippen molar-refractivity contribution in [3.8, 4) is 5.75 Å². The number of carbonyl (C=O) groups is 1. The quantitative estimate of drug-likeness (QED) is 0.831. The number of hydrogen-bond acceptors (Lipinski definition) is 3. The smallest absolute Gasteiger partial charge is 0.222 e. The molecule has 4 nitrogen and oxygen atoms in total. The first-order valence-corrected chi connectivity index (χ1v) is 7.08. The molecule has 2 aromatic rings. The Kier molecular flexibility index (Phi) is 5.17. The summed E-state index contributed by atoms with van der Waals surface area (Å²) >= 11 is 0. The van der Waals surface area contributed by atoms with Gasteiger partial charge < -0.3 is 14.7 Å². The molecule has 0 aromatic heterocycles. The summed E-state index contributed by atoms with van der Waals surface area (Å²) in [5, 5.41) is 11.7. The summed E-state index contributed by atoms with van der Waals surface area (Å²) in [6, 6.07) is 11.8. The Bertz CT molecular complexity index is 622. The zero-order valence-electron chi connectivity index (χ0n) is 12.5. The molecule has 0 aliphatic carbocycles. The molecule has 0 fully saturated rings. The van der Waals surface area contributed by atoms with E-state index in [1.54, 1.807) is 19.0 Å². The van der Waals surface area contributed by atoms with Crippen molar-refractivity contribution in [3.05, 3.63) is 42.0 Å². The lowest BCUT2D eigenvalue weighted by Gasteiger charge is -2.13. The molecule has 21 heavy (non-hydrogen) atoms. The van der Waals surface area contributed by atoms with Crippen molar-refractivity contribution in [2.45, 2.75) is 19.4 Å². The van der Waals surface area contributed by atoms with E-state index in [9.17, 15) is 9.90 Å². The third-order valence-corrected chi connectivity index (χ3v) is 3.45. The SMILES string of the molecule is CN(C)C(=O)CCCOc1ccc2ccccc2c1CO. The number of carbonyl (C=O) groups excluding carboxylic acids is 1. The second-order valence-corrected chi connectivity index (χ2v) is 5.16. The second kappa shape index (κ2) is 7.09. The normalized spacial score (nSPS) is 10.6. The minimum atomic E-state index is -0.0622. The van der Waals surface area contributed by atoms with Crippen molar-refractivity contribution in [3.63, 3.8) is 0 Å². The molecule has 0 bridgehead atoms. The Balaban J connectivity index is 2.03. The summed E-state index contributed by atoms with van der Waals surface area (Å²) < 4.78 is 5.74. The van der Waals surface area contributed by atoms with Crippen molar-refractivity contribution in [2.24, 2.45) is 0 Å². The van der Waals surface area contributed by atoms with E-state index >= 15 is 0 Å². The van der Waals surface area contributed by atoms with Crippen molar-refractivity contribution in [2.75, 3.05) is 20.7 Å². The van der Waals surface area contributed by atoms with Gasteiger partial charge in [-0.1, -0.05) is 30.3 Å². The van der Waals surface area contributed by atoms with Crippen LogP contribution in [0.5, 0.6) is 5.75 Å². The molecular weight excluding hydrogens is 266 g/mol. The molecule has 0 atom stereocenters. The van der Waals surface area contributed by atoms with Gasteiger partial charge in [0.25, 0.3) is 0 Å². The van der Waals surface area contributed by atoms with Gasteiger partial charge in [-0.15, -0.1) is 0 Å². The molecule has 4 heteroatoms. The van der Waals surface area contributed by atoms with Crippen LogP contribution in [0.3, 0.4) is 0 Å². The highest BCUT2D eigenvalue weighted by atomic mass is 16.5. The van der Waals surface area contributed by atoms with Crippen LogP contribution in [0.1, 0.15) is 18.4 Å². The van der Waals surface area contributed by atoms with Crippen LogP contribution >= 0.6 is 0 Å². The topological polar surface area (TPSA) is 49.8 Å². The van der Waals surface area contributed by atoms with Gasteiger partial charge in [-0.05, 0) is 23.3 Å². The fourth-order valence-corrected chi connectivity index (χ4v) is 2.24. The standard InChI is InChI=1S/C17H21NO3/c1-18(2)17(20)8-5-11-21-16-10-9-13-6-3-4-7-14(13)15(16)12-19/h3-4,6-7,9-10,19H,5,8,11-12H2,1-2H3. The molecule has 0 aliphatic heterocycles. The molecule has 0 saturated carbocycles. The number of aliphatic hydroxyl groups excluding tert-OH is 1. The number of benzene rings is 2. The monoisotopic (exact) mass is 287 g/mol. The van der Waals surface area contributed by atoms with E-state index < -0.39 is 0 Å². The Morgan fingerprint density at radius 2 is 1.95 bits per heavy atom. The first-order chi connectivity index (χ1) is 10.1. The molecule has 1 amide bonds. The number of rotatable bonds is 6. The summed E-state index contributed by atoms with van der Waals surface area (Å²) in [6.45, 7) is 0.401. The van der Waals surface area contributed by atoms with E-state index in [0.717, 1.165) is 16.3 Å². The third-order valence-electron chi connectivity index (χ3n) is 3.45. The average molecular weight is 287 g/mol. The lowest BCUT2D eigenvalue weighted by molar-refractivity contribution is -0.128. The minimum absolute atomic E-state index is 0.0622. The van der Waals surface area contributed by atoms with E-state index in [1.807, 2.05) is 36.4 Å². The highest BCUT2D eigenvalue weighted by molar-refractivity contribution is 5.87. The van der Waals surface area contributed by atoms with E-state index in [4.69, 9.17) is 4.74 Å². The number of amides is 1. The molecule has 0 heterocycles. The molecule has 2 rings (SSSR count). The zero-order chi connectivity index (χ0) is 15.2. The van der Waals surface area contributed by atoms with Gasteiger partial charge >= 0.3 is 0 Å². The molecule has 0 spiro atoms. The second-order valence-electron chi connectivity index (χ2n) is 5.16. The van der Waals surface area contributed by atoms with Gasteiger partial charge in [0.05, 0.1) is 13.2 Å².